The van der Waals surface area contributed by atoms with Gasteiger partial charge in [0.1, 0.15) is 22.2 Å². The summed E-state index contributed by atoms with van der Waals surface area (Å²) in [6.45, 7) is 2.16. The Kier molecular flexibility index (Phi) is 7.17. The summed E-state index contributed by atoms with van der Waals surface area (Å²) in [5, 5.41) is 2.96. The number of amides is 1. The molecule has 2 aromatic rings. The van der Waals surface area contributed by atoms with Crippen LogP contribution in [-0.4, -0.2) is 45.9 Å². The maximum absolute atomic E-state index is 13.7. The summed E-state index contributed by atoms with van der Waals surface area (Å²) >= 11 is 0. The number of benzene rings is 2. The minimum absolute atomic E-state index is 0.0309. The SMILES string of the molecule is COc1ccc([C@H](C)NC(=O)[C@@H]2CCCN(S(=O)(=O)c3cc(F)ccc3OC)C2)cc1. The fourth-order valence-electron chi connectivity index (χ4n) is 3.67. The third-order valence-electron chi connectivity index (χ3n) is 5.47. The number of halogens is 1. The summed E-state index contributed by atoms with van der Waals surface area (Å²) in [6.07, 6.45) is 1.11. The maximum atomic E-state index is 13.7. The van der Waals surface area contributed by atoms with E-state index in [-0.39, 0.29) is 35.7 Å². The Morgan fingerprint density at radius 2 is 1.87 bits per heavy atom. The molecule has 31 heavy (non-hydrogen) atoms. The van der Waals surface area contributed by atoms with Gasteiger partial charge in [-0.05, 0) is 55.7 Å². The largest absolute Gasteiger partial charge is 0.497 e. The van der Waals surface area contributed by atoms with Crippen molar-refractivity contribution in [2.75, 3.05) is 27.3 Å². The number of ether oxygens (including phenoxy) is 2. The normalized spacial score (nSPS) is 18.3. The molecule has 2 aromatic carbocycles. The van der Waals surface area contributed by atoms with Crippen molar-refractivity contribution >= 4 is 15.9 Å². The minimum atomic E-state index is -4.01. The van der Waals surface area contributed by atoms with Gasteiger partial charge in [-0.3, -0.25) is 4.79 Å². The van der Waals surface area contributed by atoms with Crippen LogP contribution in [0.15, 0.2) is 47.4 Å². The highest BCUT2D eigenvalue weighted by Crippen LogP contribution is 2.30. The first-order valence-corrected chi connectivity index (χ1v) is 11.5. The number of methoxy groups -OCH3 is 2. The van der Waals surface area contributed by atoms with Gasteiger partial charge >= 0.3 is 0 Å². The van der Waals surface area contributed by atoms with Gasteiger partial charge in [-0.15, -0.1) is 0 Å². The van der Waals surface area contributed by atoms with Crippen molar-refractivity contribution in [1.82, 2.24) is 9.62 Å². The molecule has 3 rings (SSSR count). The highest BCUT2D eigenvalue weighted by atomic mass is 32.2. The number of piperidine rings is 1. The lowest BCUT2D eigenvalue weighted by Crippen LogP contribution is -2.45. The van der Waals surface area contributed by atoms with E-state index in [0.29, 0.717) is 12.8 Å². The molecule has 1 fully saturated rings. The Balaban J connectivity index is 1.72. The second-order valence-electron chi connectivity index (χ2n) is 7.50. The van der Waals surface area contributed by atoms with Gasteiger partial charge in [0.2, 0.25) is 15.9 Å². The smallest absolute Gasteiger partial charge is 0.246 e. The number of nitrogens with zero attached hydrogens (tertiary/aromatic N) is 1. The Labute approximate surface area is 182 Å². The molecule has 0 aliphatic carbocycles. The molecule has 1 amide bonds. The van der Waals surface area contributed by atoms with Gasteiger partial charge in [0.05, 0.1) is 26.2 Å². The van der Waals surface area contributed by atoms with Crippen molar-refractivity contribution in [3.63, 3.8) is 0 Å². The van der Waals surface area contributed by atoms with Crippen LogP contribution in [0.3, 0.4) is 0 Å². The van der Waals surface area contributed by atoms with Crippen LogP contribution in [0.4, 0.5) is 4.39 Å². The second-order valence-corrected chi connectivity index (χ2v) is 9.41. The molecule has 9 heteroatoms. The molecule has 0 aromatic heterocycles. The lowest BCUT2D eigenvalue weighted by atomic mass is 9.98. The summed E-state index contributed by atoms with van der Waals surface area (Å²) in [6, 6.07) is 10.5. The standard InChI is InChI=1S/C22H27FN2O5S/c1-15(16-6-9-19(29-2)10-7-16)24-22(26)17-5-4-12-25(14-17)31(27,28)21-13-18(23)8-11-20(21)30-3/h6-11,13,15,17H,4-5,12,14H2,1-3H3,(H,24,26)/t15-,17+/m0/s1. The predicted octanol–water partition coefficient (Wildman–Crippen LogP) is 3.12. The van der Waals surface area contributed by atoms with Gasteiger partial charge in [-0.25, -0.2) is 12.8 Å². The number of carbonyl (C=O) groups excluding carboxylic acids is 1. The summed E-state index contributed by atoms with van der Waals surface area (Å²) in [7, 11) is -1.09. The third kappa shape index (κ3) is 5.16. The molecule has 0 unspecified atom stereocenters. The zero-order chi connectivity index (χ0) is 22.6. The lowest BCUT2D eigenvalue weighted by molar-refractivity contribution is -0.126. The number of rotatable bonds is 7. The number of nitrogens with one attached hydrogen (secondary N) is 1. The average Bonchev–Trinajstić information content (AvgIpc) is 2.79. The molecule has 1 saturated heterocycles. The monoisotopic (exact) mass is 450 g/mol. The molecule has 168 valence electrons. The quantitative estimate of drug-likeness (QED) is 0.701. The molecular weight excluding hydrogens is 423 g/mol. The van der Waals surface area contributed by atoms with Crippen LogP contribution in [0.25, 0.3) is 0 Å². The van der Waals surface area contributed by atoms with E-state index in [4.69, 9.17) is 9.47 Å². The van der Waals surface area contributed by atoms with Crippen LogP contribution in [0.2, 0.25) is 0 Å². The summed E-state index contributed by atoms with van der Waals surface area (Å²) in [5.41, 5.74) is 0.916. The first kappa shape index (κ1) is 23.0. The number of hydrogen-bond donors (Lipinski definition) is 1. The third-order valence-corrected chi connectivity index (χ3v) is 7.36. The summed E-state index contributed by atoms with van der Waals surface area (Å²) in [5.74, 6) is -0.582. The molecule has 0 radical (unpaired) electrons. The van der Waals surface area contributed by atoms with Crippen LogP contribution in [0, 0.1) is 11.7 Å². The van der Waals surface area contributed by atoms with E-state index in [1.165, 1.54) is 17.5 Å². The molecule has 1 aliphatic heterocycles. The molecule has 2 atom stereocenters. The molecule has 0 saturated carbocycles. The highest BCUT2D eigenvalue weighted by Gasteiger charge is 2.35. The zero-order valence-corrected chi connectivity index (χ0v) is 18.6. The van der Waals surface area contributed by atoms with Crippen molar-refractivity contribution in [3.05, 3.63) is 53.8 Å². The van der Waals surface area contributed by atoms with Crippen LogP contribution in [0.1, 0.15) is 31.4 Å². The molecule has 7 nitrogen and oxygen atoms in total. The van der Waals surface area contributed by atoms with Gasteiger partial charge in [-0.2, -0.15) is 4.31 Å². The molecule has 1 aliphatic rings. The minimum Gasteiger partial charge on any atom is -0.497 e. The number of hydrogen-bond acceptors (Lipinski definition) is 5. The van der Waals surface area contributed by atoms with Crippen molar-refractivity contribution in [2.24, 2.45) is 5.92 Å². The Morgan fingerprint density at radius 3 is 2.52 bits per heavy atom. The van der Waals surface area contributed by atoms with E-state index < -0.39 is 21.8 Å². The fraction of sp³-hybridized carbons (Fsp3) is 0.409. The van der Waals surface area contributed by atoms with E-state index in [1.54, 1.807) is 7.11 Å². The van der Waals surface area contributed by atoms with Gasteiger partial charge in [-0.1, -0.05) is 12.1 Å². The van der Waals surface area contributed by atoms with E-state index >= 15 is 0 Å². The van der Waals surface area contributed by atoms with Gasteiger partial charge in [0, 0.05) is 13.1 Å². The van der Waals surface area contributed by atoms with E-state index in [9.17, 15) is 17.6 Å². The molecule has 0 spiro atoms. The van der Waals surface area contributed by atoms with E-state index in [2.05, 4.69) is 5.32 Å². The predicted molar refractivity (Wildman–Crippen MR) is 114 cm³/mol. The summed E-state index contributed by atoms with van der Waals surface area (Å²) < 4.78 is 51.5. The van der Waals surface area contributed by atoms with E-state index in [1.807, 2.05) is 31.2 Å². The maximum Gasteiger partial charge on any atom is 0.246 e. The topological polar surface area (TPSA) is 84.9 Å². The Morgan fingerprint density at radius 1 is 1.16 bits per heavy atom. The second kappa shape index (κ2) is 9.65. The van der Waals surface area contributed by atoms with Crippen molar-refractivity contribution < 1.29 is 27.1 Å². The van der Waals surface area contributed by atoms with Gasteiger partial charge in [0.15, 0.2) is 0 Å². The summed E-state index contributed by atoms with van der Waals surface area (Å²) in [4.78, 5) is 12.6. The number of sulfonamides is 1. The van der Waals surface area contributed by atoms with Gasteiger partial charge < -0.3 is 14.8 Å². The van der Waals surface area contributed by atoms with Crippen molar-refractivity contribution in [2.45, 2.75) is 30.7 Å². The zero-order valence-electron chi connectivity index (χ0n) is 17.8. The first-order valence-electron chi connectivity index (χ1n) is 10.0. The molecule has 1 N–H and O–H groups in total. The molecular formula is C22H27FN2O5S. The Hall–Kier alpha value is -2.65. The van der Waals surface area contributed by atoms with Gasteiger partial charge in [0.25, 0.3) is 0 Å². The van der Waals surface area contributed by atoms with Crippen molar-refractivity contribution in [3.8, 4) is 11.5 Å². The molecule has 0 bridgehead atoms. The average molecular weight is 451 g/mol. The van der Waals surface area contributed by atoms with Crippen LogP contribution >= 0.6 is 0 Å². The van der Waals surface area contributed by atoms with Crippen LogP contribution in [0.5, 0.6) is 11.5 Å². The first-order chi connectivity index (χ1) is 14.8. The highest BCUT2D eigenvalue weighted by molar-refractivity contribution is 7.89. The lowest BCUT2D eigenvalue weighted by Gasteiger charge is -2.32. The number of carbonyl (C=O) groups is 1. The molecule has 1 heterocycles. The van der Waals surface area contributed by atoms with Crippen LogP contribution < -0.4 is 14.8 Å². The Bertz CT molecular complexity index is 1030. The van der Waals surface area contributed by atoms with Crippen molar-refractivity contribution in [1.29, 1.82) is 0 Å². The fourth-order valence-corrected chi connectivity index (χ4v) is 5.36. The van der Waals surface area contributed by atoms with E-state index in [0.717, 1.165) is 23.4 Å². The van der Waals surface area contributed by atoms with Crippen LogP contribution in [-0.2, 0) is 14.8 Å².